The van der Waals surface area contributed by atoms with E-state index in [-0.39, 0.29) is 11.3 Å². The number of carboxylic acids is 1. The van der Waals surface area contributed by atoms with Crippen molar-refractivity contribution in [2.45, 2.75) is 38.8 Å². The van der Waals surface area contributed by atoms with Gasteiger partial charge in [-0.2, -0.15) is 0 Å². The highest BCUT2D eigenvalue weighted by atomic mass is 16.4. The van der Waals surface area contributed by atoms with E-state index in [4.69, 9.17) is 5.11 Å². The lowest BCUT2D eigenvalue weighted by Crippen LogP contribution is -2.38. The van der Waals surface area contributed by atoms with Crippen molar-refractivity contribution in [2.24, 2.45) is 5.92 Å². The fourth-order valence-corrected chi connectivity index (χ4v) is 3.12. The Morgan fingerprint density at radius 1 is 1.38 bits per heavy atom. The number of aryl methyl sites for hydroxylation is 1. The first-order chi connectivity index (χ1) is 12.5. The van der Waals surface area contributed by atoms with E-state index >= 15 is 0 Å². The first kappa shape index (κ1) is 18.1. The molecule has 1 aliphatic heterocycles. The van der Waals surface area contributed by atoms with Crippen molar-refractivity contribution in [2.75, 3.05) is 13.1 Å². The summed E-state index contributed by atoms with van der Waals surface area (Å²) in [5, 5.41) is 18.9. The van der Waals surface area contributed by atoms with Crippen molar-refractivity contribution < 1.29 is 14.7 Å². The number of carbonyl (C=O) groups excluding carboxylic acids is 1. The Kier molecular flexibility index (Phi) is 5.36. The number of nitrogens with one attached hydrogen (secondary N) is 2. The lowest BCUT2D eigenvalue weighted by molar-refractivity contribution is -0.138. The molecule has 0 saturated carbocycles. The Morgan fingerprint density at radius 2 is 2.12 bits per heavy atom. The van der Waals surface area contributed by atoms with Crippen molar-refractivity contribution in [3.63, 3.8) is 0 Å². The van der Waals surface area contributed by atoms with Crippen LogP contribution in [-0.4, -0.2) is 50.3 Å². The molecular formula is C17H23N5O4. The molecule has 1 amide bonds. The number of pyridine rings is 1. The zero-order valence-electron chi connectivity index (χ0n) is 14.6. The monoisotopic (exact) mass is 361 g/mol. The maximum Gasteiger partial charge on any atom is 0.350 e. The van der Waals surface area contributed by atoms with Crippen LogP contribution in [0.5, 0.6) is 0 Å². The maximum absolute atomic E-state index is 12.5. The standard InChI is InChI=1S/C17H23N5O4/c1-11(16(24)25)19-15(23)13-2-3-14-20-22(17(26)21(14)10-13)9-6-12-4-7-18-8-5-12/h2-3,10-12,18H,4-9H2,1H3,(H,19,23)(H,24,25). The molecule has 0 radical (unpaired) electrons. The molecule has 0 spiro atoms. The third-order valence-corrected chi connectivity index (χ3v) is 4.77. The fraction of sp³-hybridized carbons (Fsp3) is 0.529. The molecule has 2 aromatic heterocycles. The highest BCUT2D eigenvalue weighted by Crippen LogP contribution is 2.16. The number of carbonyl (C=O) groups is 2. The minimum absolute atomic E-state index is 0.214. The van der Waals surface area contributed by atoms with Crippen molar-refractivity contribution in [3.05, 3.63) is 34.4 Å². The van der Waals surface area contributed by atoms with Crippen LogP contribution in [-0.2, 0) is 11.3 Å². The van der Waals surface area contributed by atoms with Gasteiger partial charge in [-0.15, -0.1) is 5.10 Å². The quantitative estimate of drug-likeness (QED) is 0.671. The van der Waals surface area contributed by atoms with Crippen molar-refractivity contribution in [1.29, 1.82) is 0 Å². The summed E-state index contributed by atoms with van der Waals surface area (Å²) >= 11 is 0. The van der Waals surface area contributed by atoms with Crippen LogP contribution in [0.2, 0.25) is 0 Å². The number of amides is 1. The lowest BCUT2D eigenvalue weighted by atomic mass is 9.95. The number of fused-ring (bicyclic) bond motifs is 1. The minimum Gasteiger partial charge on any atom is -0.480 e. The number of carboxylic acid groups (broad SMARTS) is 1. The summed E-state index contributed by atoms with van der Waals surface area (Å²) in [6, 6.07) is 2.11. The van der Waals surface area contributed by atoms with Gasteiger partial charge in [0.15, 0.2) is 5.65 Å². The molecular weight excluding hydrogens is 338 g/mol. The minimum atomic E-state index is -1.12. The highest BCUT2D eigenvalue weighted by molar-refractivity contribution is 5.96. The number of nitrogens with zero attached hydrogens (tertiary/aromatic N) is 3. The van der Waals surface area contributed by atoms with Gasteiger partial charge in [0.2, 0.25) is 0 Å². The molecule has 0 aliphatic carbocycles. The average molecular weight is 361 g/mol. The summed E-state index contributed by atoms with van der Waals surface area (Å²) in [6.45, 7) is 3.95. The summed E-state index contributed by atoms with van der Waals surface area (Å²) in [6.07, 6.45) is 4.51. The molecule has 140 valence electrons. The summed E-state index contributed by atoms with van der Waals surface area (Å²) in [5.41, 5.74) is 0.378. The number of hydrogen-bond donors (Lipinski definition) is 3. The van der Waals surface area contributed by atoms with Crippen LogP contribution in [0.1, 0.15) is 36.5 Å². The van der Waals surface area contributed by atoms with E-state index in [9.17, 15) is 14.4 Å². The van der Waals surface area contributed by atoms with Crippen LogP contribution in [0, 0.1) is 5.92 Å². The number of aromatic nitrogens is 3. The van der Waals surface area contributed by atoms with Crippen LogP contribution in [0.15, 0.2) is 23.1 Å². The van der Waals surface area contributed by atoms with E-state index in [0.29, 0.717) is 18.1 Å². The molecule has 1 unspecified atom stereocenters. The maximum atomic E-state index is 12.5. The largest absolute Gasteiger partial charge is 0.480 e. The van der Waals surface area contributed by atoms with Gasteiger partial charge in [-0.3, -0.25) is 9.59 Å². The second kappa shape index (κ2) is 7.69. The normalized spacial score (nSPS) is 16.5. The first-order valence-electron chi connectivity index (χ1n) is 8.79. The number of aliphatic carboxylic acids is 1. The average Bonchev–Trinajstić information content (AvgIpc) is 2.96. The van der Waals surface area contributed by atoms with Gasteiger partial charge < -0.3 is 15.7 Å². The van der Waals surface area contributed by atoms with Gasteiger partial charge in [-0.05, 0) is 57.3 Å². The van der Waals surface area contributed by atoms with E-state index in [0.717, 1.165) is 32.4 Å². The van der Waals surface area contributed by atoms with Gasteiger partial charge in [0, 0.05) is 12.7 Å². The number of piperidine rings is 1. The molecule has 1 fully saturated rings. The van der Waals surface area contributed by atoms with Crippen LogP contribution in [0.4, 0.5) is 0 Å². The second-order valence-electron chi connectivity index (χ2n) is 6.67. The molecule has 2 aromatic rings. The number of hydrogen-bond acceptors (Lipinski definition) is 5. The molecule has 0 aromatic carbocycles. The lowest BCUT2D eigenvalue weighted by Gasteiger charge is -2.21. The van der Waals surface area contributed by atoms with E-state index in [2.05, 4.69) is 15.7 Å². The molecule has 3 rings (SSSR count). The van der Waals surface area contributed by atoms with E-state index in [1.54, 1.807) is 6.07 Å². The van der Waals surface area contributed by atoms with E-state index in [1.165, 1.54) is 28.3 Å². The smallest absolute Gasteiger partial charge is 0.350 e. The Hall–Kier alpha value is -2.68. The van der Waals surface area contributed by atoms with E-state index < -0.39 is 17.9 Å². The molecule has 1 atom stereocenters. The van der Waals surface area contributed by atoms with Gasteiger partial charge >= 0.3 is 11.7 Å². The summed E-state index contributed by atoms with van der Waals surface area (Å²) in [5.74, 6) is -1.08. The van der Waals surface area contributed by atoms with Crippen molar-refractivity contribution >= 4 is 17.5 Å². The second-order valence-corrected chi connectivity index (χ2v) is 6.67. The van der Waals surface area contributed by atoms with Gasteiger partial charge in [-0.25, -0.2) is 13.9 Å². The Bertz CT molecular complexity index is 866. The third kappa shape index (κ3) is 3.93. The predicted octanol–water partition coefficient (Wildman–Crippen LogP) is 0.0886. The predicted molar refractivity (Wildman–Crippen MR) is 94.2 cm³/mol. The summed E-state index contributed by atoms with van der Waals surface area (Å²) in [7, 11) is 0. The van der Waals surface area contributed by atoms with E-state index in [1.807, 2.05) is 0 Å². The molecule has 9 heteroatoms. The van der Waals surface area contributed by atoms with Crippen molar-refractivity contribution in [3.8, 4) is 0 Å². The summed E-state index contributed by atoms with van der Waals surface area (Å²) < 4.78 is 2.75. The molecule has 1 saturated heterocycles. The topological polar surface area (TPSA) is 118 Å². The molecule has 9 nitrogen and oxygen atoms in total. The third-order valence-electron chi connectivity index (χ3n) is 4.77. The van der Waals surface area contributed by atoms with Gasteiger partial charge in [0.05, 0.1) is 5.56 Å². The van der Waals surface area contributed by atoms with Crippen LogP contribution < -0.4 is 16.3 Å². The molecule has 3 N–H and O–H groups in total. The van der Waals surface area contributed by atoms with Crippen LogP contribution in [0.25, 0.3) is 5.65 Å². The van der Waals surface area contributed by atoms with Crippen LogP contribution in [0.3, 0.4) is 0 Å². The first-order valence-corrected chi connectivity index (χ1v) is 8.79. The van der Waals surface area contributed by atoms with Crippen molar-refractivity contribution in [1.82, 2.24) is 24.8 Å². The SMILES string of the molecule is CC(NC(=O)c1ccc2nn(CCC3CCNCC3)c(=O)n2c1)C(=O)O. The number of rotatable bonds is 6. The molecule has 26 heavy (non-hydrogen) atoms. The Balaban J connectivity index is 1.75. The zero-order chi connectivity index (χ0) is 18.7. The molecule has 1 aliphatic rings. The zero-order valence-corrected chi connectivity index (χ0v) is 14.6. The van der Waals surface area contributed by atoms with Gasteiger partial charge in [0.25, 0.3) is 5.91 Å². The molecule has 3 heterocycles. The van der Waals surface area contributed by atoms with Gasteiger partial charge in [-0.1, -0.05) is 0 Å². The Morgan fingerprint density at radius 3 is 2.81 bits per heavy atom. The van der Waals surface area contributed by atoms with Crippen LogP contribution >= 0.6 is 0 Å². The molecule has 0 bridgehead atoms. The Labute approximate surface area is 150 Å². The van der Waals surface area contributed by atoms with Gasteiger partial charge in [0.1, 0.15) is 6.04 Å². The fourth-order valence-electron chi connectivity index (χ4n) is 3.12. The highest BCUT2D eigenvalue weighted by Gasteiger charge is 2.18. The summed E-state index contributed by atoms with van der Waals surface area (Å²) in [4.78, 5) is 35.5.